The van der Waals surface area contributed by atoms with E-state index >= 15 is 0 Å². The normalized spacial score (nSPS) is 18.0. The van der Waals surface area contributed by atoms with Crippen LogP contribution in [0.15, 0.2) is 47.8 Å². The van der Waals surface area contributed by atoms with E-state index in [1.807, 2.05) is 30.3 Å². The zero-order chi connectivity index (χ0) is 20.3. The Balaban J connectivity index is 1.30. The van der Waals surface area contributed by atoms with E-state index in [0.29, 0.717) is 42.8 Å². The van der Waals surface area contributed by atoms with E-state index in [4.69, 9.17) is 14.2 Å². The molecule has 1 unspecified atom stereocenters. The number of hydrogen-bond acceptors (Lipinski definition) is 6. The van der Waals surface area contributed by atoms with Crippen LogP contribution >= 0.6 is 0 Å². The van der Waals surface area contributed by atoms with Gasteiger partial charge in [0.25, 0.3) is 0 Å². The number of ether oxygens (including phenoxy) is 3. The van der Waals surface area contributed by atoms with Crippen LogP contribution in [0.25, 0.3) is 11.0 Å². The molecule has 8 heteroatoms. The maximum absolute atomic E-state index is 12.7. The Morgan fingerprint density at radius 1 is 1.24 bits per heavy atom. The summed E-state index contributed by atoms with van der Waals surface area (Å²) in [6.45, 7) is 6.08. The first-order chi connectivity index (χ1) is 14.0. The molecule has 1 fully saturated rings. The summed E-state index contributed by atoms with van der Waals surface area (Å²) in [5, 5.41) is 0.453. The molecule has 1 atom stereocenters. The molecular weight excluding hydrogens is 390 g/mol. The molecule has 1 aromatic carbocycles. The molecular formula is C21H25N3O4S. The second-order valence-electron chi connectivity index (χ2n) is 7.88. The molecule has 1 aliphatic heterocycles. The molecule has 29 heavy (non-hydrogen) atoms. The maximum Gasteiger partial charge on any atom is 0.322 e. The van der Waals surface area contributed by atoms with E-state index in [0.717, 1.165) is 11.0 Å². The fourth-order valence-electron chi connectivity index (χ4n) is 3.03. The van der Waals surface area contributed by atoms with Crippen LogP contribution in [-0.2, 0) is 26.4 Å². The van der Waals surface area contributed by atoms with Gasteiger partial charge in [-0.15, -0.1) is 0 Å². The van der Waals surface area contributed by atoms with Gasteiger partial charge < -0.3 is 18.8 Å². The summed E-state index contributed by atoms with van der Waals surface area (Å²) in [6, 6.07) is 11.2. The number of aromatic amines is 1. The van der Waals surface area contributed by atoms with Crippen LogP contribution in [0, 0.1) is 5.41 Å². The van der Waals surface area contributed by atoms with Crippen LogP contribution < -0.4 is 4.74 Å². The van der Waals surface area contributed by atoms with E-state index in [1.165, 1.54) is 0 Å². The molecule has 0 spiro atoms. The minimum Gasteiger partial charge on any atom is -0.609 e. The number of aromatic nitrogens is 3. The Morgan fingerprint density at radius 3 is 2.83 bits per heavy atom. The molecule has 3 heterocycles. The van der Waals surface area contributed by atoms with E-state index in [1.54, 1.807) is 12.3 Å². The number of fused-ring (bicyclic) bond motifs is 1. The highest BCUT2D eigenvalue weighted by molar-refractivity contribution is 7.90. The Kier molecular flexibility index (Phi) is 6.05. The molecule has 0 aliphatic carbocycles. The van der Waals surface area contributed by atoms with E-state index in [-0.39, 0.29) is 17.5 Å². The van der Waals surface area contributed by atoms with Crippen LogP contribution in [0.4, 0.5) is 0 Å². The van der Waals surface area contributed by atoms with Crippen molar-refractivity contribution in [3.05, 3.63) is 48.3 Å². The van der Waals surface area contributed by atoms with Crippen molar-refractivity contribution < 1.29 is 18.8 Å². The predicted octanol–water partition coefficient (Wildman–Crippen LogP) is 3.43. The number of rotatable bonds is 7. The highest BCUT2D eigenvalue weighted by Gasteiger charge is 2.28. The summed E-state index contributed by atoms with van der Waals surface area (Å²) in [5.41, 5.74) is 2.42. The van der Waals surface area contributed by atoms with Crippen LogP contribution in [-0.4, -0.2) is 45.6 Å². The summed E-state index contributed by atoms with van der Waals surface area (Å²) in [5.74, 6) is 0.953. The highest BCUT2D eigenvalue weighted by Crippen LogP contribution is 2.24. The van der Waals surface area contributed by atoms with Gasteiger partial charge in [-0.1, -0.05) is 26.0 Å². The number of pyridine rings is 1. The standard InChI is InChI=1S/C21H25N3O4S/c1-21(2)13-27-19(28-14-21)8-10-26-16-7-9-22-15(11-16)12-29(25)20-23-17-5-3-4-6-18(17)24-20/h3-7,9,11,19H,8,10,12-14H2,1-2H3,(H,23,24). The molecule has 0 saturated carbocycles. The number of nitrogens with zero attached hydrogens (tertiary/aromatic N) is 2. The van der Waals surface area contributed by atoms with Gasteiger partial charge in [-0.3, -0.25) is 9.97 Å². The third-order valence-electron chi connectivity index (χ3n) is 4.59. The van der Waals surface area contributed by atoms with Gasteiger partial charge in [0.05, 0.1) is 36.5 Å². The van der Waals surface area contributed by atoms with E-state index in [9.17, 15) is 4.55 Å². The fraction of sp³-hybridized carbons (Fsp3) is 0.429. The third-order valence-corrected chi connectivity index (χ3v) is 5.78. The summed E-state index contributed by atoms with van der Waals surface area (Å²) < 4.78 is 29.9. The molecule has 2 aromatic heterocycles. The molecule has 7 nitrogen and oxygen atoms in total. The van der Waals surface area contributed by atoms with Gasteiger partial charge in [0.15, 0.2) is 12.0 Å². The topological polar surface area (TPSA) is 92.3 Å². The summed E-state index contributed by atoms with van der Waals surface area (Å²) >= 11 is -1.32. The minimum atomic E-state index is -1.32. The van der Waals surface area contributed by atoms with Crippen molar-refractivity contribution in [2.75, 3.05) is 19.8 Å². The number of hydrogen-bond donors (Lipinski definition) is 1. The van der Waals surface area contributed by atoms with Crippen molar-refractivity contribution in [2.24, 2.45) is 5.41 Å². The molecule has 1 N–H and O–H groups in total. The lowest BCUT2D eigenvalue weighted by atomic mass is 9.95. The van der Waals surface area contributed by atoms with Crippen molar-refractivity contribution in [1.29, 1.82) is 0 Å². The van der Waals surface area contributed by atoms with Crippen molar-refractivity contribution in [1.82, 2.24) is 15.0 Å². The monoisotopic (exact) mass is 415 g/mol. The highest BCUT2D eigenvalue weighted by atomic mass is 32.2. The van der Waals surface area contributed by atoms with Crippen LogP contribution in [0.3, 0.4) is 0 Å². The molecule has 1 saturated heterocycles. The largest absolute Gasteiger partial charge is 0.609 e. The lowest BCUT2D eigenvalue weighted by Gasteiger charge is -2.34. The lowest BCUT2D eigenvalue weighted by molar-refractivity contribution is -0.225. The summed E-state index contributed by atoms with van der Waals surface area (Å²) in [4.78, 5) is 11.8. The first-order valence-electron chi connectivity index (χ1n) is 9.63. The second-order valence-corrected chi connectivity index (χ2v) is 9.25. The Morgan fingerprint density at radius 2 is 2.03 bits per heavy atom. The van der Waals surface area contributed by atoms with Gasteiger partial charge in [-0.25, -0.2) is 0 Å². The van der Waals surface area contributed by atoms with Gasteiger partial charge in [0.1, 0.15) is 5.75 Å². The number of para-hydroxylation sites is 2. The van der Waals surface area contributed by atoms with Gasteiger partial charge in [-0.05, 0) is 18.2 Å². The predicted molar refractivity (Wildman–Crippen MR) is 110 cm³/mol. The molecule has 0 radical (unpaired) electrons. The van der Waals surface area contributed by atoms with E-state index < -0.39 is 11.2 Å². The number of benzene rings is 1. The molecule has 4 rings (SSSR count). The van der Waals surface area contributed by atoms with Gasteiger partial charge >= 0.3 is 5.16 Å². The minimum absolute atomic E-state index is 0.0623. The molecule has 3 aromatic rings. The average molecular weight is 416 g/mol. The zero-order valence-corrected chi connectivity index (χ0v) is 17.4. The van der Waals surface area contributed by atoms with Crippen LogP contribution in [0.2, 0.25) is 0 Å². The molecule has 0 bridgehead atoms. The SMILES string of the molecule is CC1(C)COC(CCOc2ccnc(C[S+]([O-])c3nc4ccccc4[nH]3)c2)OC1. The van der Waals surface area contributed by atoms with Crippen molar-refractivity contribution in [3.63, 3.8) is 0 Å². The van der Waals surface area contributed by atoms with Gasteiger partial charge in [-0.2, -0.15) is 4.98 Å². The Labute approximate surface area is 173 Å². The van der Waals surface area contributed by atoms with Crippen molar-refractivity contribution in [2.45, 2.75) is 37.5 Å². The van der Waals surface area contributed by atoms with Crippen molar-refractivity contribution >= 4 is 22.2 Å². The zero-order valence-electron chi connectivity index (χ0n) is 16.6. The molecule has 154 valence electrons. The third kappa shape index (κ3) is 5.27. The van der Waals surface area contributed by atoms with Gasteiger partial charge in [0, 0.05) is 35.3 Å². The maximum atomic E-state index is 12.7. The second kappa shape index (κ2) is 8.71. The summed E-state index contributed by atoms with van der Waals surface area (Å²) in [6.07, 6.45) is 2.08. The lowest BCUT2D eigenvalue weighted by Crippen LogP contribution is -2.38. The number of imidazole rings is 1. The fourth-order valence-corrected chi connectivity index (χ4v) is 4.02. The number of H-pyrrole nitrogens is 1. The summed E-state index contributed by atoms with van der Waals surface area (Å²) in [7, 11) is 0. The van der Waals surface area contributed by atoms with Gasteiger partial charge in [0.2, 0.25) is 0 Å². The van der Waals surface area contributed by atoms with Crippen LogP contribution in [0.1, 0.15) is 26.0 Å². The first-order valence-corrected chi connectivity index (χ1v) is 10.9. The number of nitrogens with one attached hydrogen (secondary N) is 1. The smallest absolute Gasteiger partial charge is 0.322 e. The first kappa shape index (κ1) is 20.2. The average Bonchev–Trinajstić information content (AvgIpc) is 3.14. The van der Waals surface area contributed by atoms with E-state index in [2.05, 4.69) is 28.8 Å². The molecule has 0 amide bonds. The Hall–Kier alpha value is -2.13. The van der Waals surface area contributed by atoms with Crippen LogP contribution in [0.5, 0.6) is 5.75 Å². The quantitative estimate of drug-likeness (QED) is 0.595. The molecule has 1 aliphatic rings. The van der Waals surface area contributed by atoms with Crippen molar-refractivity contribution in [3.8, 4) is 5.75 Å². The Bertz CT molecular complexity index is 919.